The van der Waals surface area contributed by atoms with E-state index in [1.54, 1.807) is 6.92 Å². The zero-order valence-corrected chi connectivity index (χ0v) is 11.2. The van der Waals surface area contributed by atoms with Crippen LogP contribution >= 0.6 is 0 Å². The van der Waals surface area contributed by atoms with Crippen molar-refractivity contribution in [3.8, 4) is 0 Å². The minimum Gasteiger partial charge on any atom is -0.481 e. The summed E-state index contributed by atoms with van der Waals surface area (Å²) in [7, 11) is -2.35. The van der Waals surface area contributed by atoms with Gasteiger partial charge < -0.3 is 10.4 Å². The Morgan fingerprint density at radius 3 is 2.47 bits per heavy atom. The Balaban J connectivity index is 3.04. The van der Waals surface area contributed by atoms with Gasteiger partial charge in [-0.25, -0.2) is 13.1 Å². The molecule has 0 aliphatic heterocycles. The monoisotopic (exact) mass is 286 g/mol. The van der Waals surface area contributed by atoms with E-state index in [-0.39, 0.29) is 10.6 Å². The highest BCUT2D eigenvalue weighted by Gasteiger charge is 2.16. The predicted octanol–water partition coefficient (Wildman–Crippen LogP) is 0.316. The molecule has 104 valence electrons. The summed E-state index contributed by atoms with van der Waals surface area (Å²) >= 11 is 0. The fourth-order valence-electron chi connectivity index (χ4n) is 1.42. The average molecular weight is 286 g/mol. The SMILES string of the molecule is CNS(=O)(=O)c1cc(NC(=O)CC(=O)O)ccc1C. The van der Waals surface area contributed by atoms with Crippen LogP contribution < -0.4 is 10.0 Å². The summed E-state index contributed by atoms with van der Waals surface area (Å²) in [6.45, 7) is 1.62. The molecule has 0 saturated heterocycles. The summed E-state index contributed by atoms with van der Waals surface area (Å²) < 4.78 is 25.6. The number of aryl methyl sites for hydroxylation is 1. The highest BCUT2D eigenvalue weighted by atomic mass is 32.2. The van der Waals surface area contributed by atoms with Crippen LogP contribution in [0.2, 0.25) is 0 Å². The van der Waals surface area contributed by atoms with Gasteiger partial charge in [0.15, 0.2) is 0 Å². The Kier molecular flexibility index (Phi) is 4.62. The highest BCUT2D eigenvalue weighted by molar-refractivity contribution is 7.89. The van der Waals surface area contributed by atoms with Crippen LogP contribution in [0.15, 0.2) is 23.1 Å². The molecule has 0 fully saturated rings. The third-order valence-electron chi connectivity index (χ3n) is 2.34. The number of carboxylic acids is 1. The maximum Gasteiger partial charge on any atom is 0.312 e. The second kappa shape index (κ2) is 5.81. The number of amides is 1. The zero-order chi connectivity index (χ0) is 14.6. The number of carboxylic acid groups (broad SMARTS) is 1. The largest absolute Gasteiger partial charge is 0.481 e. The molecule has 7 nitrogen and oxygen atoms in total. The topological polar surface area (TPSA) is 113 Å². The summed E-state index contributed by atoms with van der Waals surface area (Å²) in [5.41, 5.74) is 0.747. The van der Waals surface area contributed by atoms with Crippen LogP contribution in [-0.4, -0.2) is 32.4 Å². The number of aliphatic carboxylic acids is 1. The number of benzene rings is 1. The van der Waals surface area contributed by atoms with Crippen molar-refractivity contribution in [1.82, 2.24) is 4.72 Å². The zero-order valence-electron chi connectivity index (χ0n) is 10.4. The standard InChI is InChI=1S/C11H14N2O5S/c1-7-3-4-8(13-10(14)6-11(15)16)5-9(7)19(17,18)12-2/h3-5,12H,6H2,1-2H3,(H,13,14)(H,15,16). The molecule has 0 aliphatic carbocycles. The van der Waals surface area contributed by atoms with Crippen LogP contribution in [0.3, 0.4) is 0 Å². The van der Waals surface area contributed by atoms with E-state index in [9.17, 15) is 18.0 Å². The van der Waals surface area contributed by atoms with Crippen molar-refractivity contribution in [2.24, 2.45) is 0 Å². The second-order valence-corrected chi connectivity index (χ2v) is 5.66. The lowest BCUT2D eigenvalue weighted by molar-refractivity contribution is -0.139. The van der Waals surface area contributed by atoms with Gasteiger partial charge in [0.1, 0.15) is 6.42 Å². The molecule has 0 radical (unpaired) electrons. The number of hydrogen-bond acceptors (Lipinski definition) is 4. The van der Waals surface area contributed by atoms with Crippen molar-refractivity contribution in [3.63, 3.8) is 0 Å². The van der Waals surface area contributed by atoms with Crippen LogP contribution in [0, 0.1) is 6.92 Å². The molecule has 1 rings (SSSR count). The number of nitrogens with one attached hydrogen (secondary N) is 2. The molecular formula is C11H14N2O5S. The molecule has 3 N–H and O–H groups in total. The molecule has 1 aromatic carbocycles. The lowest BCUT2D eigenvalue weighted by Crippen LogP contribution is -2.20. The number of hydrogen-bond donors (Lipinski definition) is 3. The van der Waals surface area contributed by atoms with E-state index >= 15 is 0 Å². The molecule has 0 heterocycles. The van der Waals surface area contributed by atoms with Crippen molar-refractivity contribution in [3.05, 3.63) is 23.8 Å². The molecule has 0 bridgehead atoms. The number of sulfonamides is 1. The minimum atomic E-state index is -3.63. The van der Waals surface area contributed by atoms with Gasteiger partial charge in [-0.2, -0.15) is 0 Å². The Morgan fingerprint density at radius 2 is 1.95 bits per heavy atom. The van der Waals surface area contributed by atoms with Gasteiger partial charge in [-0.1, -0.05) is 6.07 Å². The van der Waals surface area contributed by atoms with Crippen molar-refractivity contribution in [1.29, 1.82) is 0 Å². The van der Waals surface area contributed by atoms with E-state index in [2.05, 4.69) is 10.0 Å². The lowest BCUT2D eigenvalue weighted by atomic mass is 10.2. The molecule has 0 saturated carbocycles. The summed E-state index contributed by atoms with van der Waals surface area (Å²) in [6, 6.07) is 4.31. The molecule has 0 spiro atoms. The van der Waals surface area contributed by atoms with Gasteiger partial charge >= 0.3 is 5.97 Å². The van der Waals surface area contributed by atoms with Crippen molar-refractivity contribution in [2.45, 2.75) is 18.2 Å². The predicted molar refractivity (Wildman–Crippen MR) is 68.3 cm³/mol. The molecule has 19 heavy (non-hydrogen) atoms. The quantitative estimate of drug-likeness (QED) is 0.675. The number of rotatable bonds is 5. The first-order valence-corrected chi connectivity index (χ1v) is 6.80. The van der Waals surface area contributed by atoms with Crippen molar-refractivity contribution >= 4 is 27.6 Å². The van der Waals surface area contributed by atoms with Gasteiger partial charge in [-0.3, -0.25) is 9.59 Å². The molecule has 0 aromatic heterocycles. The van der Waals surface area contributed by atoms with Gasteiger partial charge in [0.2, 0.25) is 15.9 Å². The summed E-state index contributed by atoms with van der Waals surface area (Å²) in [5.74, 6) is -1.98. The first kappa shape index (κ1) is 15.1. The normalized spacial score (nSPS) is 11.1. The molecule has 1 aromatic rings. The van der Waals surface area contributed by atoms with Crippen molar-refractivity contribution in [2.75, 3.05) is 12.4 Å². The first-order chi connectivity index (χ1) is 8.76. The molecular weight excluding hydrogens is 272 g/mol. The van der Waals surface area contributed by atoms with Gasteiger partial charge in [-0.15, -0.1) is 0 Å². The van der Waals surface area contributed by atoms with Crippen LogP contribution in [0.1, 0.15) is 12.0 Å². The van der Waals surface area contributed by atoms with E-state index in [0.717, 1.165) is 0 Å². The van der Waals surface area contributed by atoms with Crippen LogP contribution in [0.5, 0.6) is 0 Å². The van der Waals surface area contributed by atoms with Crippen molar-refractivity contribution < 1.29 is 23.1 Å². The fraction of sp³-hybridized carbons (Fsp3) is 0.273. The number of carbonyl (C=O) groups excluding carboxylic acids is 1. The Morgan fingerprint density at radius 1 is 1.32 bits per heavy atom. The molecule has 0 atom stereocenters. The maximum absolute atomic E-state index is 11.7. The van der Waals surface area contributed by atoms with Gasteiger partial charge in [-0.05, 0) is 31.7 Å². The molecule has 8 heteroatoms. The van der Waals surface area contributed by atoms with Crippen LogP contribution in [0.4, 0.5) is 5.69 Å². The Labute approximate surface area is 110 Å². The number of carbonyl (C=O) groups is 2. The van der Waals surface area contributed by atoms with Crippen LogP contribution in [0.25, 0.3) is 0 Å². The lowest BCUT2D eigenvalue weighted by Gasteiger charge is -2.09. The average Bonchev–Trinajstić information content (AvgIpc) is 2.30. The second-order valence-electron chi connectivity index (χ2n) is 3.81. The fourth-order valence-corrected chi connectivity index (χ4v) is 2.41. The van der Waals surface area contributed by atoms with Gasteiger partial charge in [0.05, 0.1) is 4.90 Å². The van der Waals surface area contributed by atoms with Crippen LogP contribution in [-0.2, 0) is 19.6 Å². The van der Waals surface area contributed by atoms with E-state index in [4.69, 9.17) is 5.11 Å². The molecule has 1 amide bonds. The number of anilines is 1. The van der Waals surface area contributed by atoms with Gasteiger partial charge in [0.25, 0.3) is 0 Å². The minimum absolute atomic E-state index is 0.0307. The van der Waals surface area contributed by atoms with E-state index in [1.807, 2.05) is 0 Å². The van der Waals surface area contributed by atoms with E-state index in [1.165, 1.54) is 25.2 Å². The smallest absolute Gasteiger partial charge is 0.312 e. The summed E-state index contributed by atoms with van der Waals surface area (Å²) in [6.07, 6.45) is -0.679. The van der Waals surface area contributed by atoms with E-state index < -0.39 is 28.3 Å². The highest BCUT2D eigenvalue weighted by Crippen LogP contribution is 2.19. The summed E-state index contributed by atoms with van der Waals surface area (Å²) in [4.78, 5) is 21.7. The third-order valence-corrected chi connectivity index (χ3v) is 3.90. The molecule has 0 unspecified atom stereocenters. The molecule has 0 aliphatic rings. The first-order valence-electron chi connectivity index (χ1n) is 5.32. The van der Waals surface area contributed by atoms with E-state index in [0.29, 0.717) is 5.56 Å². The Hall–Kier alpha value is -1.93. The Bertz CT molecular complexity index is 610. The maximum atomic E-state index is 11.7. The third kappa shape index (κ3) is 4.04. The van der Waals surface area contributed by atoms with Gasteiger partial charge in [0, 0.05) is 5.69 Å². The summed E-state index contributed by atoms with van der Waals surface area (Å²) in [5, 5.41) is 10.8.